The summed E-state index contributed by atoms with van der Waals surface area (Å²) in [6, 6.07) is 0. The van der Waals surface area contributed by atoms with E-state index in [-0.39, 0.29) is 18.1 Å². The van der Waals surface area contributed by atoms with Crippen molar-refractivity contribution in [1.29, 1.82) is 0 Å². The molecule has 2 N–H and O–H groups in total. The van der Waals surface area contributed by atoms with Crippen LogP contribution in [-0.2, 0) is 9.53 Å². The van der Waals surface area contributed by atoms with Gasteiger partial charge >= 0.3 is 0 Å². The van der Waals surface area contributed by atoms with Gasteiger partial charge in [0.15, 0.2) is 0 Å². The van der Waals surface area contributed by atoms with Crippen molar-refractivity contribution in [1.82, 2.24) is 19.8 Å². The molecule has 0 radical (unpaired) electrons. The molecule has 19 heavy (non-hydrogen) atoms. The number of aryl methyl sites for hydroxylation is 1. The lowest BCUT2D eigenvalue weighted by Gasteiger charge is -2.35. The van der Waals surface area contributed by atoms with Crippen LogP contribution < -0.4 is 5.84 Å². The first-order valence-electron chi connectivity index (χ1n) is 6.20. The van der Waals surface area contributed by atoms with Crippen molar-refractivity contribution in [2.24, 2.45) is 0 Å². The summed E-state index contributed by atoms with van der Waals surface area (Å²) in [6.07, 6.45) is 0.163. The molecule has 0 aliphatic carbocycles. The number of hydrogen-bond donors (Lipinski definition) is 1. The number of nitrogen functional groups attached to an aromatic ring is 1. The first kappa shape index (κ1) is 14.1. The van der Waals surface area contributed by atoms with Crippen LogP contribution in [0.1, 0.15) is 19.7 Å². The van der Waals surface area contributed by atoms with Gasteiger partial charge in [-0.1, -0.05) is 11.8 Å². The summed E-state index contributed by atoms with van der Waals surface area (Å²) < 4.78 is 7.00. The third kappa shape index (κ3) is 3.38. The Hall–Kier alpha value is -1.28. The van der Waals surface area contributed by atoms with E-state index in [9.17, 15) is 4.79 Å². The van der Waals surface area contributed by atoms with Crippen molar-refractivity contribution in [2.45, 2.75) is 38.1 Å². The molecule has 1 aliphatic rings. The van der Waals surface area contributed by atoms with Crippen molar-refractivity contribution in [3.63, 3.8) is 0 Å². The van der Waals surface area contributed by atoms with E-state index < -0.39 is 0 Å². The topological polar surface area (TPSA) is 86.3 Å². The fraction of sp³-hybridized carbons (Fsp3) is 0.727. The van der Waals surface area contributed by atoms with E-state index in [0.29, 0.717) is 29.8 Å². The number of aromatic nitrogens is 3. The molecule has 106 valence electrons. The summed E-state index contributed by atoms with van der Waals surface area (Å²) in [4.78, 5) is 14.0. The molecule has 1 fully saturated rings. The number of carbonyl (C=O) groups is 1. The van der Waals surface area contributed by atoms with E-state index in [0.717, 1.165) is 0 Å². The number of hydrogen-bond acceptors (Lipinski definition) is 6. The van der Waals surface area contributed by atoms with Gasteiger partial charge in [0.25, 0.3) is 0 Å². The first-order chi connectivity index (χ1) is 8.97. The van der Waals surface area contributed by atoms with Crippen LogP contribution in [-0.4, -0.2) is 56.7 Å². The van der Waals surface area contributed by atoms with Gasteiger partial charge in [-0.05, 0) is 20.8 Å². The lowest BCUT2D eigenvalue weighted by atomic mass is 10.2. The molecule has 1 aliphatic heterocycles. The quantitative estimate of drug-likeness (QED) is 0.623. The minimum Gasteiger partial charge on any atom is -0.372 e. The van der Waals surface area contributed by atoms with Gasteiger partial charge in [-0.3, -0.25) is 4.79 Å². The maximum absolute atomic E-state index is 12.1. The van der Waals surface area contributed by atoms with E-state index in [4.69, 9.17) is 10.6 Å². The first-order valence-corrected chi connectivity index (χ1v) is 7.19. The van der Waals surface area contributed by atoms with Crippen LogP contribution in [0, 0.1) is 6.92 Å². The Bertz CT molecular complexity index is 454. The van der Waals surface area contributed by atoms with Gasteiger partial charge in [0, 0.05) is 13.1 Å². The Morgan fingerprint density at radius 2 is 2.05 bits per heavy atom. The van der Waals surface area contributed by atoms with Crippen LogP contribution in [0.4, 0.5) is 0 Å². The van der Waals surface area contributed by atoms with Crippen LogP contribution in [0.5, 0.6) is 0 Å². The van der Waals surface area contributed by atoms with Gasteiger partial charge in [-0.25, -0.2) is 4.68 Å². The predicted octanol–water partition coefficient (Wildman–Crippen LogP) is 0.0282. The second-order valence-corrected chi connectivity index (χ2v) is 5.69. The maximum Gasteiger partial charge on any atom is 0.233 e. The Morgan fingerprint density at radius 3 is 2.58 bits per heavy atom. The van der Waals surface area contributed by atoms with E-state index in [1.807, 2.05) is 18.7 Å². The van der Waals surface area contributed by atoms with E-state index in [2.05, 4.69) is 10.2 Å². The number of nitrogens with two attached hydrogens (primary N) is 1. The van der Waals surface area contributed by atoms with Crippen molar-refractivity contribution >= 4 is 17.7 Å². The number of morpholine rings is 1. The minimum atomic E-state index is 0.0765. The SMILES string of the molecule is Cc1nnc(SCC(=O)N2C[C@H](C)O[C@@H](C)C2)n1N. The van der Waals surface area contributed by atoms with Crippen molar-refractivity contribution in [2.75, 3.05) is 24.7 Å². The van der Waals surface area contributed by atoms with Crippen LogP contribution in [0.25, 0.3) is 0 Å². The lowest BCUT2D eigenvalue weighted by Crippen LogP contribution is -2.48. The van der Waals surface area contributed by atoms with Gasteiger partial charge in [0.05, 0.1) is 18.0 Å². The highest BCUT2D eigenvalue weighted by atomic mass is 32.2. The van der Waals surface area contributed by atoms with E-state index in [1.165, 1.54) is 16.4 Å². The smallest absolute Gasteiger partial charge is 0.233 e. The average Bonchev–Trinajstić information content (AvgIpc) is 2.66. The lowest BCUT2D eigenvalue weighted by molar-refractivity contribution is -0.140. The third-order valence-electron chi connectivity index (χ3n) is 2.93. The molecule has 0 aromatic carbocycles. The summed E-state index contributed by atoms with van der Waals surface area (Å²) >= 11 is 1.30. The number of ether oxygens (including phenoxy) is 1. The fourth-order valence-corrected chi connectivity index (χ4v) is 2.85. The molecular formula is C11H19N5O2S. The zero-order valence-corrected chi connectivity index (χ0v) is 12.2. The molecule has 1 amide bonds. The monoisotopic (exact) mass is 285 g/mol. The third-order valence-corrected chi connectivity index (χ3v) is 3.86. The minimum absolute atomic E-state index is 0.0765. The highest BCUT2D eigenvalue weighted by Crippen LogP contribution is 2.17. The summed E-state index contributed by atoms with van der Waals surface area (Å²) in [7, 11) is 0. The summed E-state index contributed by atoms with van der Waals surface area (Å²) in [5.41, 5.74) is 0. The van der Waals surface area contributed by atoms with Crippen molar-refractivity contribution in [3.8, 4) is 0 Å². The number of amides is 1. The zero-order chi connectivity index (χ0) is 14.0. The van der Waals surface area contributed by atoms with Gasteiger partial charge in [0.2, 0.25) is 11.1 Å². The second kappa shape index (κ2) is 5.79. The molecule has 0 spiro atoms. The molecular weight excluding hydrogens is 266 g/mol. The Labute approximate surface area is 116 Å². The molecule has 0 saturated carbocycles. The van der Waals surface area contributed by atoms with Crippen LogP contribution >= 0.6 is 11.8 Å². The molecule has 2 rings (SSSR count). The highest BCUT2D eigenvalue weighted by Gasteiger charge is 2.26. The number of thioether (sulfide) groups is 1. The van der Waals surface area contributed by atoms with Crippen LogP contribution in [0.2, 0.25) is 0 Å². The van der Waals surface area contributed by atoms with Gasteiger partial charge < -0.3 is 15.5 Å². The molecule has 2 atom stereocenters. The normalized spacial score (nSPS) is 23.6. The van der Waals surface area contributed by atoms with Gasteiger partial charge in [-0.15, -0.1) is 10.2 Å². The maximum atomic E-state index is 12.1. The van der Waals surface area contributed by atoms with E-state index >= 15 is 0 Å². The largest absolute Gasteiger partial charge is 0.372 e. The number of nitrogens with zero attached hydrogens (tertiary/aromatic N) is 4. The summed E-state index contributed by atoms with van der Waals surface area (Å²) in [5, 5.41) is 8.33. The fourth-order valence-electron chi connectivity index (χ4n) is 2.05. The molecule has 1 saturated heterocycles. The van der Waals surface area contributed by atoms with E-state index in [1.54, 1.807) is 6.92 Å². The standard InChI is InChI=1S/C11H19N5O2S/c1-7-4-15(5-8(2)18-7)10(17)6-19-11-14-13-9(3)16(11)12/h7-8H,4-6,12H2,1-3H3/t7-,8-/m0/s1. The highest BCUT2D eigenvalue weighted by molar-refractivity contribution is 7.99. The summed E-state index contributed by atoms with van der Waals surface area (Å²) in [5.74, 6) is 6.76. The molecule has 1 aromatic rings. The molecule has 7 nitrogen and oxygen atoms in total. The van der Waals surface area contributed by atoms with Gasteiger partial charge in [-0.2, -0.15) is 0 Å². The van der Waals surface area contributed by atoms with Gasteiger partial charge in [0.1, 0.15) is 5.82 Å². The van der Waals surface area contributed by atoms with Crippen LogP contribution in [0.15, 0.2) is 5.16 Å². The Morgan fingerprint density at radius 1 is 1.42 bits per heavy atom. The average molecular weight is 285 g/mol. The number of rotatable bonds is 3. The predicted molar refractivity (Wildman–Crippen MR) is 72.2 cm³/mol. The van der Waals surface area contributed by atoms with Crippen molar-refractivity contribution < 1.29 is 9.53 Å². The Balaban J connectivity index is 1.89. The molecule has 0 unspecified atom stereocenters. The van der Waals surface area contributed by atoms with Crippen molar-refractivity contribution in [3.05, 3.63) is 5.82 Å². The number of carbonyl (C=O) groups excluding carboxylic acids is 1. The Kier molecular flexibility index (Phi) is 4.31. The van der Waals surface area contributed by atoms with Crippen LogP contribution in [0.3, 0.4) is 0 Å². The molecule has 1 aromatic heterocycles. The molecule has 2 heterocycles. The zero-order valence-electron chi connectivity index (χ0n) is 11.4. The molecule has 8 heteroatoms. The molecule has 0 bridgehead atoms. The summed E-state index contributed by atoms with van der Waals surface area (Å²) in [6.45, 7) is 6.99. The second-order valence-electron chi connectivity index (χ2n) is 4.74.